The average Bonchev–Trinajstić information content (AvgIpc) is 3.22. The number of carbonyl (C=O) groups is 1. The summed E-state index contributed by atoms with van der Waals surface area (Å²) >= 11 is 0. The first-order valence-corrected chi connectivity index (χ1v) is 11.1. The summed E-state index contributed by atoms with van der Waals surface area (Å²) in [5.74, 6) is 1.16. The number of H-pyrrole nitrogens is 1. The predicted octanol–water partition coefficient (Wildman–Crippen LogP) is 5.78. The van der Waals surface area contributed by atoms with Crippen LogP contribution in [0.5, 0.6) is 5.75 Å². The Kier molecular flexibility index (Phi) is 6.24. The van der Waals surface area contributed by atoms with Crippen LogP contribution in [0.25, 0.3) is 10.9 Å². The molecule has 0 saturated carbocycles. The Balaban J connectivity index is 1.58. The number of nitrogens with zero attached hydrogens (tertiary/aromatic N) is 1. The van der Waals surface area contributed by atoms with E-state index in [1.807, 2.05) is 36.4 Å². The van der Waals surface area contributed by atoms with E-state index in [2.05, 4.69) is 36.0 Å². The van der Waals surface area contributed by atoms with Gasteiger partial charge < -0.3 is 14.6 Å². The molecule has 1 aliphatic rings. The molecule has 0 radical (unpaired) electrons. The minimum Gasteiger partial charge on any atom is -0.496 e. The molecule has 2 heterocycles. The van der Waals surface area contributed by atoms with Crippen molar-refractivity contribution in [2.24, 2.45) is 0 Å². The molecule has 1 aliphatic heterocycles. The van der Waals surface area contributed by atoms with Crippen molar-refractivity contribution in [3.8, 4) is 5.75 Å². The van der Waals surface area contributed by atoms with Gasteiger partial charge in [-0.05, 0) is 81.1 Å². The van der Waals surface area contributed by atoms with Gasteiger partial charge in [-0.1, -0.05) is 25.5 Å². The number of piperidine rings is 1. The van der Waals surface area contributed by atoms with Gasteiger partial charge in [0.15, 0.2) is 5.78 Å². The number of hydrogen-bond acceptors (Lipinski definition) is 3. The van der Waals surface area contributed by atoms with Crippen LogP contribution in [0.3, 0.4) is 0 Å². The van der Waals surface area contributed by atoms with Gasteiger partial charge in [-0.3, -0.25) is 4.79 Å². The molecule has 4 heteroatoms. The van der Waals surface area contributed by atoms with E-state index in [9.17, 15) is 4.79 Å². The summed E-state index contributed by atoms with van der Waals surface area (Å²) in [6, 6.07) is 14.1. The molecule has 1 atom stereocenters. The minimum absolute atomic E-state index is 0.00436. The topological polar surface area (TPSA) is 45.3 Å². The molecule has 30 heavy (non-hydrogen) atoms. The second-order valence-electron chi connectivity index (χ2n) is 8.48. The van der Waals surface area contributed by atoms with Gasteiger partial charge in [-0.15, -0.1) is 0 Å². The second kappa shape index (κ2) is 9.05. The third kappa shape index (κ3) is 4.01. The standard InChI is InChI=1S/C26H32N2O2/c1-4-7-18(2)28-14-12-19(13-15-28)23-17-27-24-11-10-20(16-22(23)24)26(29)21-8-5-6-9-25(21)30-3/h5-6,8-11,16-19,27H,4,7,12-15H2,1-3H3. The van der Waals surface area contributed by atoms with E-state index in [4.69, 9.17) is 4.74 Å². The van der Waals surface area contributed by atoms with Crippen molar-refractivity contribution in [2.75, 3.05) is 20.2 Å². The predicted molar refractivity (Wildman–Crippen MR) is 123 cm³/mol. The maximum absolute atomic E-state index is 13.2. The molecule has 0 bridgehead atoms. The Morgan fingerprint density at radius 3 is 2.70 bits per heavy atom. The number of hydrogen-bond donors (Lipinski definition) is 1. The number of aromatic amines is 1. The zero-order valence-corrected chi connectivity index (χ0v) is 18.3. The SMILES string of the molecule is CCCC(C)N1CCC(c2c[nH]c3ccc(C(=O)c4ccccc4OC)cc23)CC1. The van der Waals surface area contributed by atoms with Gasteiger partial charge >= 0.3 is 0 Å². The molecule has 1 fully saturated rings. The Labute approximate surface area is 179 Å². The number of rotatable bonds is 7. The molecule has 1 unspecified atom stereocenters. The first-order chi connectivity index (χ1) is 14.6. The van der Waals surface area contributed by atoms with Crippen LogP contribution in [0.2, 0.25) is 0 Å². The van der Waals surface area contributed by atoms with Crippen molar-refractivity contribution in [1.29, 1.82) is 0 Å². The zero-order chi connectivity index (χ0) is 21.1. The fourth-order valence-corrected chi connectivity index (χ4v) is 4.86. The molecule has 158 valence electrons. The Hall–Kier alpha value is -2.59. The summed E-state index contributed by atoms with van der Waals surface area (Å²) in [6.45, 7) is 6.92. The monoisotopic (exact) mass is 404 g/mol. The first kappa shape index (κ1) is 20.7. The third-order valence-electron chi connectivity index (χ3n) is 6.63. The Bertz CT molecular complexity index is 1010. The maximum Gasteiger partial charge on any atom is 0.196 e. The summed E-state index contributed by atoms with van der Waals surface area (Å²) in [4.78, 5) is 19.2. The van der Waals surface area contributed by atoms with Crippen LogP contribution in [0.4, 0.5) is 0 Å². The van der Waals surface area contributed by atoms with E-state index in [-0.39, 0.29) is 5.78 Å². The van der Waals surface area contributed by atoms with Crippen LogP contribution < -0.4 is 4.74 Å². The van der Waals surface area contributed by atoms with Gasteiger partial charge in [0.1, 0.15) is 5.75 Å². The maximum atomic E-state index is 13.2. The number of nitrogens with one attached hydrogen (secondary N) is 1. The van der Waals surface area contributed by atoms with Gasteiger partial charge in [-0.2, -0.15) is 0 Å². The number of methoxy groups -OCH3 is 1. The van der Waals surface area contributed by atoms with Gasteiger partial charge in [0.05, 0.1) is 12.7 Å². The normalized spacial score (nSPS) is 16.6. The molecular formula is C26H32N2O2. The number of fused-ring (bicyclic) bond motifs is 1. The number of benzene rings is 2. The molecular weight excluding hydrogens is 372 g/mol. The summed E-state index contributed by atoms with van der Waals surface area (Å²) in [6.07, 6.45) is 7.01. The molecule has 0 amide bonds. The molecule has 0 aliphatic carbocycles. The van der Waals surface area contributed by atoms with Crippen molar-refractivity contribution in [1.82, 2.24) is 9.88 Å². The summed E-state index contributed by atoms with van der Waals surface area (Å²) in [5, 5.41) is 1.18. The summed E-state index contributed by atoms with van der Waals surface area (Å²) < 4.78 is 5.39. The van der Waals surface area contributed by atoms with Crippen molar-refractivity contribution in [3.05, 3.63) is 65.4 Å². The highest BCUT2D eigenvalue weighted by Gasteiger charge is 2.25. The lowest BCUT2D eigenvalue weighted by atomic mass is 9.88. The molecule has 1 saturated heterocycles. The lowest BCUT2D eigenvalue weighted by molar-refractivity contribution is 0.103. The molecule has 2 aromatic carbocycles. The highest BCUT2D eigenvalue weighted by molar-refractivity contribution is 6.12. The van der Waals surface area contributed by atoms with Gasteiger partial charge in [0, 0.05) is 28.7 Å². The fourth-order valence-electron chi connectivity index (χ4n) is 4.86. The van der Waals surface area contributed by atoms with E-state index in [1.54, 1.807) is 7.11 Å². The van der Waals surface area contributed by atoms with E-state index in [1.165, 1.54) is 36.6 Å². The Morgan fingerprint density at radius 1 is 1.20 bits per heavy atom. The molecule has 4 rings (SSSR count). The lowest BCUT2D eigenvalue weighted by Crippen LogP contribution is -2.39. The molecule has 1 N–H and O–H groups in total. The van der Waals surface area contributed by atoms with Gasteiger partial charge in [0.2, 0.25) is 0 Å². The molecule has 1 aromatic heterocycles. The molecule has 4 nitrogen and oxygen atoms in total. The van der Waals surface area contributed by atoms with E-state index in [0.717, 1.165) is 18.6 Å². The fraction of sp³-hybridized carbons (Fsp3) is 0.423. The van der Waals surface area contributed by atoms with Crippen LogP contribution in [0.1, 0.15) is 66.9 Å². The van der Waals surface area contributed by atoms with Crippen LogP contribution in [0.15, 0.2) is 48.7 Å². The number of ketones is 1. The number of ether oxygens (including phenoxy) is 1. The van der Waals surface area contributed by atoms with E-state index >= 15 is 0 Å². The smallest absolute Gasteiger partial charge is 0.196 e. The van der Waals surface area contributed by atoms with Gasteiger partial charge in [-0.25, -0.2) is 0 Å². The van der Waals surface area contributed by atoms with Crippen LogP contribution in [-0.2, 0) is 0 Å². The van der Waals surface area contributed by atoms with E-state index < -0.39 is 0 Å². The quantitative estimate of drug-likeness (QED) is 0.508. The number of aromatic nitrogens is 1. The van der Waals surface area contributed by atoms with Crippen LogP contribution in [0, 0.1) is 0 Å². The first-order valence-electron chi connectivity index (χ1n) is 11.1. The molecule has 3 aromatic rings. The van der Waals surface area contributed by atoms with Crippen LogP contribution >= 0.6 is 0 Å². The lowest BCUT2D eigenvalue weighted by Gasteiger charge is -2.36. The number of para-hydroxylation sites is 1. The highest BCUT2D eigenvalue weighted by atomic mass is 16.5. The second-order valence-corrected chi connectivity index (χ2v) is 8.48. The molecule has 0 spiro atoms. The van der Waals surface area contributed by atoms with Crippen molar-refractivity contribution < 1.29 is 9.53 Å². The number of carbonyl (C=O) groups excluding carboxylic acids is 1. The van der Waals surface area contributed by atoms with Crippen molar-refractivity contribution in [3.63, 3.8) is 0 Å². The minimum atomic E-state index is 0.00436. The highest BCUT2D eigenvalue weighted by Crippen LogP contribution is 2.35. The number of likely N-dealkylation sites (tertiary alicyclic amines) is 1. The Morgan fingerprint density at radius 2 is 1.97 bits per heavy atom. The third-order valence-corrected chi connectivity index (χ3v) is 6.63. The zero-order valence-electron chi connectivity index (χ0n) is 18.3. The van der Waals surface area contributed by atoms with Crippen molar-refractivity contribution >= 4 is 16.7 Å². The van der Waals surface area contributed by atoms with Crippen molar-refractivity contribution in [2.45, 2.75) is 51.5 Å². The van der Waals surface area contributed by atoms with Gasteiger partial charge in [0.25, 0.3) is 0 Å². The van der Waals surface area contributed by atoms with Crippen LogP contribution in [-0.4, -0.2) is 41.9 Å². The average molecular weight is 405 g/mol. The van der Waals surface area contributed by atoms with E-state index in [0.29, 0.717) is 28.8 Å². The largest absolute Gasteiger partial charge is 0.496 e. The summed E-state index contributed by atoms with van der Waals surface area (Å²) in [7, 11) is 1.60. The summed E-state index contributed by atoms with van der Waals surface area (Å²) in [5.41, 5.74) is 3.77.